The van der Waals surface area contributed by atoms with Gasteiger partial charge in [-0.15, -0.1) is 0 Å². The van der Waals surface area contributed by atoms with Gasteiger partial charge in [-0.3, -0.25) is 4.79 Å². The minimum Gasteiger partial charge on any atom is -0.360 e. The van der Waals surface area contributed by atoms with Crippen LogP contribution >= 0.6 is 0 Å². The fourth-order valence-electron chi connectivity index (χ4n) is 3.48. The number of amides is 1. The lowest BCUT2D eigenvalue weighted by Gasteiger charge is -2.31. The number of carbonyl (C=O) groups excluding carboxylic acids is 1. The van der Waals surface area contributed by atoms with Crippen molar-refractivity contribution in [2.45, 2.75) is 37.6 Å². The van der Waals surface area contributed by atoms with Crippen LogP contribution in [-0.4, -0.2) is 24.2 Å². The molecule has 1 saturated carbocycles. The van der Waals surface area contributed by atoms with E-state index in [4.69, 9.17) is 4.52 Å². The third kappa shape index (κ3) is 3.36. The second-order valence-electron chi connectivity index (χ2n) is 6.84. The van der Waals surface area contributed by atoms with Gasteiger partial charge in [-0.25, -0.2) is 0 Å². The van der Waals surface area contributed by atoms with E-state index in [1.165, 1.54) is 0 Å². The smallest absolute Gasteiger partial charge is 0.273 e. The largest absolute Gasteiger partial charge is 0.360 e. The molecule has 2 aromatic rings. The monoisotopic (exact) mass is 325 g/mol. The van der Waals surface area contributed by atoms with Gasteiger partial charge in [0.15, 0.2) is 5.69 Å². The maximum atomic E-state index is 12.7. The highest BCUT2D eigenvalue weighted by atomic mass is 16.5. The third-order valence-electron chi connectivity index (χ3n) is 5.04. The maximum Gasteiger partial charge on any atom is 0.273 e. The number of nitrogens with one attached hydrogen (secondary N) is 2. The van der Waals surface area contributed by atoms with Gasteiger partial charge in [-0.1, -0.05) is 35.5 Å². The molecule has 4 rings (SSSR count). The molecule has 1 aliphatic carbocycles. The predicted octanol–water partition coefficient (Wildman–Crippen LogP) is 3.02. The standard InChI is InChI=1S/C19H23N3O2/c23-19(16-12-17(24-22-16)13-6-7-13)21-18(14-4-2-1-3-5-14)15-8-10-20-11-9-15/h1-5,12-13,15,18,20H,6-11H2,(H,21,23). The van der Waals surface area contributed by atoms with E-state index < -0.39 is 0 Å². The molecule has 1 aromatic carbocycles. The first-order chi connectivity index (χ1) is 11.8. The zero-order valence-electron chi connectivity index (χ0n) is 13.7. The van der Waals surface area contributed by atoms with Crippen molar-refractivity contribution in [1.82, 2.24) is 15.8 Å². The Hall–Kier alpha value is -2.14. The number of hydrogen-bond acceptors (Lipinski definition) is 4. The average Bonchev–Trinajstić information content (AvgIpc) is 3.38. The summed E-state index contributed by atoms with van der Waals surface area (Å²) in [5.74, 6) is 1.61. The highest BCUT2D eigenvalue weighted by Gasteiger charge is 2.31. The van der Waals surface area contributed by atoms with E-state index in [2.05, 4.69) is 27.9 Å². The van der Waals surface area contributed by atoms with Crippen molar-refractivity contribution in [3.63, 3.8) is 0 Å². The molecular formula is C19H23N3O2. The van der Waals surface area contributed by atoms with Crippen molar-refractivity contribution >= 4 is 5.91 Å². The van der Waals surface area contributed by atoms with Gasteiger partial charge >= 0.3 is 0 Å². The number of piperidine rings is 1. The first-order valence-corrected chi connectivity index (χ1v) is 8.84. The summed E-state index contributed by atoms with van der Waals surface area (Å²) in [7, 11) is 0. The zero-order chi connectivity index (χ0) is 16.4. The van der Waals surface area contributed by atoms with Gasteiger partial charge in [-0.2, -0.15) is 0 Å². The molecule has 1 saturated heterocycles. The normalized spacial score (nSPS) is 19.8. The SMILES string of the molecule is O=C(NC(c1ccccc1)C1CCNCC1)c1cc(C2CC2)on1. The molecule has 1 aliphatic heterocycles. The molecule has 1 amide bonds. The van der Waals surface area contributed by atoms with Crippen molar-refractivity contribution in [3.05, 3.63) is 53.4 Å². The second-order valence-corrected chi connectivity index (χ2v) is 6.84. The van der Waals surface area contributed by atoms with Crippen molar-refractivity contribution < 1.29 is 9.32 Å². The molecule has 1 aromatic heterocycles. The van der Waals surface area contributed by atoms with Crippen LogP contribution in [0, 0.1) is 5.92 Å². The van der Waals surface area contributed by atoms with Crippen LogP contribution in [0.5, 0.6) is 0 Å². The van der Waals surface area contributed by atoms with Crippen LogP contribution in [0.4, 0.5) is 0 Å². The molecule has 2 N–H and O–H groups in total. The van der Waals surface area contributed by atoms with Crippen LogP contribution in [0.1, 0.15) is 59.5 Å². The summed E-state index contributed by atoms with van der Waals surface area (Å²) in [5.41, 5.74) is 1.55. The van der Waals surface area contributed by atoms with E-state index in [-0.39, 0.29) is 11.9 Å². The van der Waals surface area contributed by atoms with Crippen LogP contribution in [0.2, 0.25) is 0 Å². The molecule has 5 nitrogen and oxygen atoms in total. The van der Waals surface area contributed by atoms with E-state index >= 15 is 0 Å². The van der Waals surface area contributed by atoms with Gasteiger partial charge < -0.3 is 15.2 Å². The first-order valence-electron chi connectivity index (χ1n) is 8.84. The lowest BCUT2D eigenvalue weighted by Crippen LogP contribution is -2.39. The molecule has 0 bridgehead atoms. The summed E-state index contributed by atoms with van der Waals surface area (Å²) in [6, 6.07) is 12.0. The number of hydrogen-bond donors (Lipinski definition) is 2. The number of aromatic nitrogens is 1. The fourth-order valence-corrected chi connectivity index (χ4v) is 3.48. The molecule has 24 heavy (non-hydrogen) atoms. The Kier molecular flexibility index (Phi) is 4.34. The Labute approximate surface area is 141 Å². The van der Waals surface area contributed by atoms with Crippen molar-refractivity contribution in [2.75, 3.05) is 13.1 Å². The Bertz CT molecular complexity index is 688. The molecule has 5 heteroatoms. The van der Waals surface area contributed by atoms with E-state index in [1.807, 2.05) is 18.2 Å². The number of rotatable bonds is 5. The highest BCUT2D eigenvalue weighted by molar-refractivity contribution is 5.92. The number of nitrogens with zero attached hydrogens (tertiary/aromatic N) is 1. The Morgan fingerprint density at radius 1 is 1.17 bits per heavy atom. The fraction of sp³-hybridized carbons (Fsp3) is 0.474. The molecule has 2 aliphatic rings. The number of carbonyl (C=O) groups is 1. The van der Waals surface area contributed by atoms with Gasteiger partial charge in [-0.05, 0) is 50.3 Å². The molecule has 1 atom stereocenters. The van der Waals surface area contributed by atoms with Crippen LogP contribution in [-0.2, 0) is 0 Å². The topological polar surface area (TPSA) is 67.2 Å². The van der Waals surface area contributed by atoms with Crippen LogP contribution < -0.4 is 10.6 Å². The molecule has 0 radical (unpaired) electrons. The van der Waals surface area contributed by atoms with E-state index in [9.17, 15) is 4.79 Å². The maximum absolute atomic E-state index is 12.7. The van der Waals surface area contributed by atoms with Gasteiger partial charge in [0.25, 0.3) is 5.91 Å². The van der Waals surface area contributed by atoms with Crippen LogP contribution in [0.25, 0.3) is 0 Å². The van der Waals surface area contributed by atoms with Crippen molar-refractivity contribution in [3.8, 4) is 0 Å². The number of benzene rings is 1. The van der Waals surface area contributed by atoms with E-state index in [0.717, 1.165) is 50.1 Å². The lowest BCUT2D eigenvalue weighted by molar-refractivity contribution is 0.0905. The van der Waals surface area contributed by atoms with Crippen LogP contribution in [0.3, 0.4) is 0 Å². The molecule has 2 heterocycles. The second kappa shape index (κ2) is 6.77. The van der Waals surface area contributed by atoms with Gasteiger partial charge in [0.1, 0.15) is 5.76 Å². The summed E-state index contributed by atoms with van der Waals surface area (Å²) < 4.78 is 5.32. The zero-order valence-corrected chi connectivity index (χ0v) is 13.7. The molecule has 2 fully saturated rings. The van der Waals surface area contributed by atoms with Crippen LogP contribution in [0.15, 0.2) is 40.9 Å². The Morgan fingerprint density at radius 3 is 2.62 bits per heavy atom. The third-order valence-corrected chi connectivity index (χ3v) is 5.04. The minimum atomic E-state index is -0.141. The summed E-state index contributed by atoms with van der Waals surface area (Å²) in [5, 5.41) is 10.6. The van der Waals surface area contributed by atoms with Crippen molar-refractivity contribution in [1.29, 1.82) is 0 Å². The molecular weight excluding hydrogens is 302 g/mol. The minimum absolute atomic E-state index is 0.0156. The highest BCUT2D eigenvalue weighted by Crippen LogP contribution is 2.40. The van der Waals surface area contributed by atoms with Gasteiger partial charge in [0.05, 0.1) is 6.04 Å². The van der Waals surface area contributed by atoms with Crippen molar-refractivity contribution in [2.24, 2.45) is 5.92 Å². The summed E-state index contributed by atoms with van der Waals surface area (Å²) >= 11 is 0. The lowest BCUT2D eigenvalue weighted by atomic mass is 9.86. The molecule has 0 spiro atoms. The summed E-state index contributed by atoms with van der Waals surface area (Å²) in [6.45, 7) is 2.00. The Morgan fingerprint density at radius 2 is 1.92 bits per heavy atom. The van der Waals surface area contributed by atoms with E-state index in [0.29, 0.717) is 17.5 Å². The molecule has 1 unspecified atom stereocenters. The Balaban J connectivity index is 1.52. The molecule has 126 valence electrons. The van der Waals surface area contributed by atoms with E-state index in [1.54, 1.807) is 6.07 Å². The summed E-state index contributed by atoms with van der Waals surface area (Å²) in [4.78, 5) is 12.7. The quantitative estimate of drug-likeness (QED) is 0.887. The van der Waals surface area contributed by atoms with Gasteiger partial charge in [0.2, 0.25) is 0 Å². The first kappa shape index (κ1) is 15.4. The summed E-state index contributed by atoms with van der Waals surface area (Å²) in [6.07, 6.45) is 4.40. The average molecular weight is 325 g/mol. The van der Waals surface area contributed by atoms with Gasteiger partial charge in [0, 0.05) is 12.0 Å². The predicted molar refractivity (Wildman–Crippen MR) is 90.7 cm³/mol.